The Hall–Kier alpha value is -2.74. The molecule has 2 aromatic rings. The molecule has 2 aliphatic heterocycles. The Bertz CT molecular complexity index is 972. The number of benzene rings is 1. The second kappa shape index (κ2) is 9.60. The Kier molecular flexibility index (Phi) is 6.65. The summed E-state index contributed by atoms with van der Waals surface area (Å²) < 4.78 is 5.38. The third-order valence-corrected chi connectivity index (χ3v) is 5.91. The molecule has 1 atom stereocenters. The smallest absolute Gasteiger partial charge is 0.295 e. The maximum absolute atomic E-state index is 13.0. The van der Waals surface area contributed by atoms with Gasteiger partial charge in [-0.2, -0.15) is 0 Å². The zero-order valence-electron chi connectivity index (χ0n) is 17.0. The molecule has 0 bridgehead atoms. The lowest BCUT2D eigenvalue weighted by atomic mass is 9.95. The summed E-state index contributed by atoms with van der Waals surface area (Å²) in [6.45, 7) is 4.36. The number of ether oxygens (including phenoxy) is 1. The molecule has 162 valence electrons. The Balaban J connectivity index is 1.65. The van der Waals surface area contributed by atoms with Crippen molar-refractivity contribution >= 4 is 29.1 Å². The Labute approximate surface area is 185 Å². The van der Waals surface area contributed by atoms with Crippen molar-refractivity contribution < 1.29 is 19.4 Å². The molecule has 0 unspecified atom stereocenters. The third-order valence-electron chi connectivity index (χ3n) is 5.66. The zero-order chi connectivity index (χ0) is 21.8. The summed E-state index contributed by atoms with van der Waals surface area (Å²) in [6.07, 6.45) is 3.78. The molecule has 7 nitrogen and oxygen atoms in total. The van der Waals surface area contributed by atoms with Crippen LogP contribution in [0.2, 0.25) is 5.02 Å². The minimum Gasteiger partial charge on any atom is -0.507 e. The third kappa shape index (κ3) is 4.63. The van der Waals surface area contributed by atoms with Crippen molar-refractivity contribution in [2.75, 3.05) is 39.4 Å². The van der Waals surface area contributed by atoms with Gasteiger partial charge in [0, 0.05) is 49.2 Å². The number of amides is 1. The van der Waals surface area contributed by atoms with Gasteiger partial charge in [0.05, 0.1) is 24.8 Å². The molecule has 31 heavy (non-hydrogen) atoms. The number of carbonyl (C=O) groups excluding carboxylic acids is 2. The minimum absolute atomic E-state index is 0.0879. The standard InChI is InChI=1S/C23H24ClN3O4/c24-18-4-2-16(3-5-18)20-19(21(28)17-6-8-25-9-7-17)22(29)23(30)27(20)11-1-10-26-12-14-31-15-13-26/h2-9,20,28H,1,10-15H2/t20-/m1/s1. The lowest BCUT2D eigenvalue weighted by Gasteiger charge is -2.29. The Morgan fingerprint density at radius 2 is 1.74 bits per heavy atom. The van der Waals surface area contributed by atoms with Crippen LogP contribution >= 0.6 is 11.6 Å². The molecule has 2 saturated heterocycles. The average molecular weight is 442 g/mol. The highest BCUT2D eigenvalue weighted by Crippen LogP contribution is 2.39. The van der Waals surface area contributed by atoms with Gasteiger partial charge in [0.15, 0.2) is 0 Å². The number of pyridine rings is 1. The highest BCUT2D eigenvalue weighted by Gasteiger charge is 2.45. The number of Topliss-reactive ketones (excluding diaryl/α,β-unsaturated/α-hetero) is 1. The van der Waals surface area contributed by atoms with Gasteiger partial charge in [-0.1, -0.05) is 23.7 Å². The van der Waals surface area contributed by atoms with E-state index in [0.29, 0.717) is 36.8 Å². The maximum atomic E-state index is 13.0. The van der Waals surface area contributed by atoms with Crippen LogP contribution in [0.4, 0.5) is 0 Å². The summed E-state index contributed by atoms with van der Waals surface area (Å²) in [6, 6.07) is 9.56. The summed E-state index contributed by atoms with van der Waals surface area (Å²) in [4.78, 5) is 33.7. The molecule has 0 spiro atoms. The normalized spacial score (nSPS) is 21.6. The highest BCUT2D eigenvalue weighted by molar-refractivity contribution is 6.46. The van der Waals surface area contributed by atoms with Crippen molar-refractivity contribution in [2.24, 2.45) is 0 Å². The van der Waals surface area contributed by atoms with Gasteiger partial charge in [-0.05, 0) is 36.2 Å². The second-order valence-electron chi connectivity index (χ2n) is 7.59. The van der Waals surface area contributed by atoms with Crippen LogP contribution in [-0.4, -0.2) is 71.0 Å². The molecule has 0 aliphatic carbocycles. The lowest BCUT2D eigenvalue weighted by molar-refractivity contribution is -0.140. The molecular formula is C23H24ClN3O4. The molecule has 3 heterocycles. The van der Waals surface area contributed by atoms with Crippen molar-refractivity contribution in [3.63, 3.8) is 0 Å². The van der Waals surface area contributed by atoms with Gasteiger partial charge < -0.3 is 14.7 Å². The lowest BCUT2D eigenvalue weighted by Crippen LogP contribution is -2.38. The zero-order valence-corrected chi connectivity index (χ0v) is 17.8. The molecule has 0 saturated carbocycles. The van der Waals surface area contributed by atoms with Gasteiger partial charge in [0.1, 0.15) is 5.76 Å². The van der Waals surface area contributed by atoms with Crippen molar-refractivity contribution in [2.45, 2.75) is 12.5 Å². The molecule has 2 aliphatic rings. The van der Waals surface area contributed by atoms with Crippen LogP contribution < -0.4 is 0 Å². The van der Waals surface area contributed by atoms with Crippen molar-refractivity contribution in [1.82, 2.24) is 14.8 Å². The van der Waals surface area contributed by atoms with Crippen LogP contribution in [0.15, 0.2) is 54.4 Å². The predicted octanol–water partition coefficient (Wildman–Crippen LogP) is 2.88. The van der Waals surface area contributed by atoms with Crippen LogP contribution in [0.1, 0.15) is 23.6 Å². The van der Waals surface area contributed by atoms with E-state index in [-0.39, 0.29) is 11.3 Å². The summed E-state index contributed by atoms with van der Waals surface area (Å²) >= 11 is 6.04. The van der Waals surface area contributed by atoms with Crippen molar-refractivity contribution in [3.8, 4) is 0 Å². The fourth-order valence-electron chi connectivity index (χ4n) is 4.06. The first-order valence-electron chi connectivity index (χ1n) is 10.3. The molecule has 8 heteroatoms. The van der Waals surface area contributed by atoms with E-state index in [1.54, 1.807) is 41.3 Å². The average Bonchev–Trinajstić information content (AvgIpc) is 3.05. The molecule has 0 radical (unpaired) electrons. The number of aliphatic hydroxyl groups is 1. The summed E-state index contributed by atoms with van der Waals surface area (Å²) in [7, 11) is 0. The van der Waals surface area contributed by atoms with Gasteiger partial charge >= 0.3 is 0 Å². The summed E-state index contributed by atoms with van der Waals surface area (Å²) in [5.41, 5.74) is 1.26. The van der Waals surface area contributed by atoms with Crippen LogP contribution in [0, 0.1) is 0 Å². The van der Waals surface area contributed by atoms with E-state index < -0.39 is 17.7 Å². The molecule has 4 rings (SSSR count). The number of aliphatic hydroxyl groups excluding tert-OH is 1. The van der Waals surface area contributed by atoms with Crippen molar-refractivity contribution in [3.05, 3.63) is 70.5 Å². The van der Waals surface area contributed by atoms with E-state index in [4.69, 9.17) is 16.3 Å². The maximum Gasteiger partial charge on any atom is 0.295 e. The summed E-state index contributed by atoms with van der Waals surface area (Å²) in [5.74, 6) is -1.48. The topological polar surface area (TPSA) is 83.0 Å². The number of likely N-dealkylation sites (tertiary alicyclic amines) is 1. The minimum atomic E-state index is -0.680. The second-order valence-corrected chi connectivity index (χ2v) is 8.02. The van der Waals surface area contributed by atoms with Crippen LogP contribution in [0.25, 0.3) is 5.76 Å². The molecule has 1 N–H and O–H groups in total. The van der Waals surface area contributed by atoms with Gasteiger partial charge in [-0.15, -0.1) is 0 Å². The van der Waals surface area contributed by atoms with Gasteiger partial charge in [-0.3, -0.25) is 19.5 Å². The number of rotatable bonds is 6. The first kappa shape index (κ1) is 21.5. The fraction of sp³-hybridized carbons (Fsp3) is 0.348. The van der Waals surface area contributed by atoms with E-state index in [9.17, 15) is 14.7 Å². The first-order valence-corrected chi connectivity index (χ1v) is 10.7. The number of hydrogen-bond acceptors (Lipinski definition) is 6. The van der Waals surface area contributed by atoms with E-state index in [1.807, 2.05) is 0 Å². The van der Waals surface area contributed by atoms with E-state index in [2.05, 4.69) is 9.88 Å². The molecule has 2 fully saturated rings. The SMILES string of the molecule is O=C1C(=O)N(CCCN2CCOCC2)[C@H](c2ccc(Cl)cc2)C1=C(O)c1ccncc1. The Morgan fingerprint density at radius 3 is 2.42 bits per heavy atom. The number of hydrogen-bond donors (Lipinski definition) is 1. The molecule has 1 amide bonds. The Morgan fingerprint density at radius 1 is 1.06 bits per heavy atom. The van der Waals surface area contributed by atoms with Gasteiger partial charge in [-0.25, -0.2) is 0 Å². The molecule has 1 aromatic carbocycles. The van der Waals surface area contributed by atoms with Gasteiger partial charge in [0.25, 0.3) is 11.7 Å². The summed E-state index contributed by atoms with van der Waals surface area (Å²) in [5, 5.41) is 11.5. The van der Waals surface area contributed by atoms with Crippen LogP contribution in [0.3, 0.4) is 0 Å². The highest BCUT2D eigenvalue weighted by atomic mass is 35.5. The molecule has 1 aromatic heterocycles. The van der Waals surface area contributed by atoms with Crippen molar-refractivity contribution in [1.29, 1.82) is 0 Å². The van der Waals surface area contributed by atoms with Gasteiger partial charge in [0.2, 0.25) is 0 Å². The number of halogens is 1. The number of morpholine rings is 1. The van der Waals surface area contributed by atoms with E-state index >= 15 is 0 Å². The number of carbonyl (C=O) groups is 2. The predicted molar refractivity (Wildman–Crippen MR) is 117 cm³/mol. The number of nitrogens with zero attached hydrogens (tertiary/aromatic N) is 3. The first-order chi connectivity index (χ1) is 15.1. The fourth-order valence-corrected chi connectivity index (χ4v) is 4.18. The molecular weight excluding hydrogens is 418 g/mol. The van der Waals surface area contributed by atoms with E-state index in [1.165, 1.54) is 12.4 Å². The number of aromatic nitrogens is 1. The quantitative estimate of drug-likeness (QED) is 0.421. The monoisotopic (exact) mass is 441 g/mol. The van der Waals surface area contributed by atoms with Crippen LogP contribution in [0.5, 0.6) is 0 Å². The largest absolute Gasteiger partial charge is 0.507 e. The van der Waals surface area contributed by atoms with E-state index in [0.717, 1.165) is 25.2 Å². The number of ketones is 1. The van der Waals surface area contributed by atoms with Crippen LogP contribution in [-0.2, 0) is 14.3 Å².